The van der Waals surface area contributed by atoms with Crippen LogP contribution in [0.15, 0.2) is 24.3 Å². The first-order valence-electron chi connectivity index (χ1n) is 7.89. The first-order chi connectivity index (χ1) is 10.6. The number of halogens is 1. The zero-order chi connectivity index (χ0) is 15.8. The van der Waals surface area contributed by atoms with Crippen LogP contribution in [0.1, 0.15) is 44.1 Å². The summed E-state index contributed by atoms with van der Waals surface area (Å²) >= 11 is 5.99. The monoisotopic (exact) mass is 345 g/mol. The Balaban J connectivity index is 1.72. The molecule has 1 fully saturated rings. The molecule has 1 aliphatic carbocycles. The van der Waals surface area contributed by atoms with Gasteiger partial charge in [0.15, 0.2) is 0 Å². The summed E-state index contributed by atoms with van der Waals surface area (Å²) in [7, 11) is -3.38. The van der Waals surface area contributed by atoms with Crippen molar-refractivity contribution in [1.29, 1.82) is 0 Å². The third-order valence-corrected chi connectivity index (χ3v) is 5.59. The number of hydrogen-bond donors (Lipinski definition) is 1. The van der Waals surface area contributed by atoms with E-state index in [0.29, 0.717) is 23.7 Å². The highest BCUT2D eigenvalue weighted by Crippen LogP contribution is 2.20. The maximum atomic E-state index is 12.0. The second-order valence-electron chi connectivity index (χ2n) is 5.73. The molecule has 0 amide bonds. The van der Waals surface area contributed by atoms with Crippen molar-refractivity contribution in [1.82, 2.24) is 4.72 Å². The number of ether oxygens (including phenoxy) is 1. The Bertz CT molecular complexity index is 554. The number of benzene rings is 1. The molecule has 0 saturated heterocycles. The van der Waals surface area contributed by atoms with Gasteiger partial charge in [0.2, 0.25) is 10.0 Å². The van der Waals surface area contributed by atoms with Crippen molar-refractivity contribution in [3.8, 4) is 0 Å². The standard InChI is InChI=1S/C16H24ClNO3S/c17-16-10-6-5-7-14(16)13-22(19,20)18-11-12-21-15-8-3-1-2-4-9-15/h5-7,10,15,18H,1-4,8-9,11-13H2. The van der Waals surface area contributed by atoms with Gasteiger partial charge in [-0.1, -0.05) is 55.5 Å². The van der Waals surface area contributed by atoms with Crippen molar-refractivity contribution in [2.75, 3.05) is 13.2 Å². The number of nitrogens with one attached hydrogen (secondary N) is 1. The molecule has 22 heavy (non-hydrogen) atoms. The van der Waals surface area contributed by atoms with Crippen LogP contribution in [-0.2, 0) is 20.5 Å². The second-order valence-corrected chi connectivity index (χ2v) is 7.94. The molecular weight excluding hydrogens is 322 g/mol. The van der Waals surface area contributed by atoms with Crippen molar-refractivity contribution in [3.63, 3.8) is 0 Å². The Morgan fingerprint density at radius 1 is 1.14 bits per heavy atom. The normalized spacial score (nSPS) is 17.3. The van der Waals surface area contributed by atoms with E-state index >= 15 is 0 Å². The van der Waals surface area contributed by atoms with Gasteiger partial charge in [-0.05, 0) is 24.5 Å². The fraction of sp³-hybridized carbons (Fsp3) is 0.625. The maximum Gasteiger partial charge on any atom is 0.215 e. The zero-order valence-electron chi connectivity index (χ0n) is 12.8. The summed E-state index contributed by atoms with van der Waals surface area (Å²) < 4.78 is 32.4. The van der Waals surface area contributed by atoms with E-state index in [2.05, 4.69) is 4.72 Å². The molecule has 0 unspecified atom stereocenters. The van der Waals surface area contributed by atoms with Crippen molar-refractivity contribution in [3.05, 3.63) is 34.9 Å². The lowest BCUT2D eigenvalue weighted by Crippen LogP contribution is -2.30. The Kier molecular flexibility index (Phi) is 7.15. The van der Waals surface area contributed by atoms with Crippen LogP contribution >= 0.6 is 11.6 Å². The van der Waals surface area contributed by atoms with Gasteiger partial charge in [-0.25, -0.2) is 13.1 Å². The predicted octanol–water partition coefficient (Wildman–Crippen LogP) is 3.50. The highest BCUT2D eigenvalue weighted by molar-refractivity contribution is 7.88. The van der Waals surface area contributed by atoms with Crippen LogP contribution in [0.4, 0.5) is 0 Å². The predicted molar refractivity (Wildman–Crippen MR) is 89.5 cm³/mol. The highest BCUT2D eigenvalue weighted by atomic mass is 35.5. The minimum atomic E-state index is -3.38. The van der Waals surface area contributed by atoms with Crippen molar-refractivity contribution < 1.29 is 13.2 Å². The van der Waals surface area contributed by atoms with E-state index in [-0.39, 0.29) is 11.9 Å². The van der Waals surface area contributed by atoms with Crippen LogP contribution in [0, 0.1) is 0 Å². The van der Waals surface area contributed by atoms with Gasteiger partial charge in [-0.2, -0.15) is 0 Å². The molecule has 2 rings (SSSR count). The quantitative estimate of drug-likeness (QED) is 0.608. The van der Waals surface area contributed by atoms with Crippen LogP contribution in [0.25, 0.3) is 0 Å². The smallest absolute Gasteiger partial charge is 0.215 e. The van der Waals surface area contributed by atoms with E-state index in [4.69, 9.17) is 16.3 Å². The van der Waals surface area contributed by atoms with Gasteiger partial charge in [0.1, 0.15) is 0 Å². The van der Waals surface area contributed by atoms with Gasteiger partial charge >= 0.3 is 0 Å². The summed E-state index contributed by atoms with van der Waals surface area (Å²) in [5.74, 6) is -0.101. The highest BCUT2D eigenvalue weighted by Gasteiger charge is 2.15. The average molecular weight is 346 g/mol. The third-order valence-electron chi connectivity index (χ3n) is 3.88. The molecule has 1 aliphatic rings. The molecule has 0 bridgehead atoms. The van der Waals surface area contributed by atoms with Crippen LogP contribution < -0.4 is 4.72 Å². The summed E-state index contributed by atoms with van der Waals surface area (Å²) in [5, 5.41) is 0.475. The molecular formula is C16H24ClNO3S. The summed E-state index contributed by atoms with van der Waals surface area (Å²) in [6.45, 7) is 0.732. The lowest BCUT2D eigenvalue weighted by atomic mass is 10.1. The van der Waals surface area contributed by atoms with Crippen molar-refractivity contribution in [2.24, 2.45) is 0 Å². The van der Waals surface area contributed by atoms with E-state index < -0.39 is 10.0 Å². The van der Waals surface area contributed by atoms with Crippen LogP contribution in [-0.4, -0.2) is 27.7 Å². The molecule has 0 heterocycles. The Hall–Kier alpha value is -0.620. The van der Waals surface area contributed by atoms with E-state index in [0.717, 1.165) is 12.8 Å². The molecule has 0 aromatic heterocycles. The van der Waals surface area contributed by atoms with Crippen molar-refractivity contribution >= 4 is 21.6 Å². The van der Waals surface area contributed by atoms with Gasteiger partial charge in [-0.15, -0.1) is 0 Å². The molecule has 0 aliphatic heterocycles. The molecule has 1 N–H and O–H groups in total. The fourth-order valence-electron chi connectivity index (χ4n) is 2.70. The van der Waals surface area contributed by atoms with Gasteiger partial charge in [-0.3, -0.25) is 0 Å². The SMILES string of the molecule is O=S(=O)(Cc1ccccc1Cl)NCCOC1CCCCCC1. The van der Waals surface area contributed by atoms with Crippen LogP contribution in [0.3, 0.4) is 0 Å². The topological polar surface area (TPSA) is 55.4 Å². The summed E-state index contributed by atoms with van der Waals surface area (Å²) in [6, 6.07) is 6.99. The molecule has 0 radical (unpaired) electrons. The van der Waals surface area contributed by atoms with Gasteiger partial charge in [0.25, 0.3) is 0 Å². The van der Waals surface area contributed by atoms with E-state index in [1.165, 1.54) is 25.7 Å². The number of sulfonamides is 1. The van der Waals surface area contributed by atoms with E-state index in [9.17, 15) is 8.42 Å². The molecule has 0 spiro atoms. The molecule has 124 valence electrons. The van der Waals surface area contributed by atoms with E-state index in [1.807, 2.05) is 0 Å². The first-order valence-corrected chi connectivity index (χ1v) is 9.92. The van der Waals surface area contributed by atoms with Crippen LogP contribution in [0.2, 0.25) is 5.02 Å². The lowest BCUT2D eigenvalue weighted by molar-refractivity contribution is 0.0471. The van der Waals surface area contributed by atoms with Gasteiger partial charge in [0.05, 0.1) is 18.5 Å². The summed E-state index contributed by atoms with van der Waals surface area (Å²) in [4.78, 5) is 0. The number of rotatable bonds is 7. The Morgan fingerprint density at radius 2 is 1.82 bits per heavy atom. The minimum absolute atomic E-state index is 0.101. The van der Waals surface area contributed by atoms with E-state index in [1.54, 1.807) is 24.3 Å². The van der Waals surface area contributed by atoms with Gasteiger partial charge in [0, 0.05) is 11.6 Å². The minimum Gasteiger partial charge on any atom is -0.377 e. The van der Waals surface area contributed by atoms with Crippen LogP contribution in [0.5, 0.6) is 0 Å². The molecule has 0 atom stereocenters. The lowest BCUT2D eigenvalue weighted by Gasteiger charge is -2.15. The third kappa shape index (κ3) is 6.24. The number of hydrogen-bond acceptors (Lipinski definition) is 3. The summed E-state index contributed by atoms with van der Waals surface area (Å²) in [6.07, 6.45) is 7.45. The largest absolute Gasteiger partial charge is 0.377 e. The second kappa shape index (κ2) is 8.87. The first kappa shape index (κ1) is 17.7. The summed E-state index contributed by atoms with van der Waals surface area (Å²) in [5.41, 5.74) is 0.612. The van der Waals surface area contributed by atoms with Gasteiger partial charge < -0.3 is 4.74 Å². The zero-order valence-corrected chi connectivity index (χ0v) is 14.3. The maximum absolute atomic E-state index is 12.0. The fourth-order valence-corrected chi connectivity index (χ4v) is 4.14. The molecule has 1 aromatic rings. The molecule has 6 heteroatoms. The Labute approximate surface area is 138 Å². The Morgan fingerprint density at radius 3 is 2.50 bits per heavy atom. The average Bonchev–Trinajstić information content (AvgIpc) is 2.75. The molecule has 1 saturated carbocycles. The van der Waals surface area contributed by atoms with Crippen molar-refractivity contribution in [2.45, 2.75) is 50.4 Å². The molecule has 1 aromatic carbocycles. The molecule has 4 nitrogen and oxygen atoms in total.